The average molecular weight is 457 g/mol. The molecule has 7 nitrogen and oxygen atoms in total. The van der Waals surface area contributed by atoms with Crippen LogP contribution in [0.1, 0.15) is 30.9 Å². The molecule has 8 heteroatoms. The summed E-state index contributed by atoms with van der Waals surface area (Å²) in [6.07, 6.45) is 3.98. The van der Waals surface area contributed by atoms with E-state index in [0.717, 1.165) is 11.1 Å². The number of anilines is 1. The summed E-state index contributed by atoms with van der Waals surface area (Å²) in [5.74, 6) is -0.773. The first kappa shape index (κ1) is 23.7. The lowest BCUT2D eigenvalue weighted by Gasteiger charge is -2.30. The van der Waals surface area contributed by atoms with E-state index in [-0.39, 0.29) is 17.6 Å². The van der Waals surface area contributed by atoms with Crippen LogP contribution in [0.2, 0.25) is 0 Å². The SMILES string of the molecule is CCOC(=O)C=Cc1ccc(NC(=O)C2CCN(S(=O)(=O)Cc3ccccc3)CC2)cc1. The summed E-state index contributed by atoms with van der Waals surface area (Å²) in [6.45, 7) is 2.75. The fourth-order valence-electron chi connectivity index (χ4n) is 3.55. The molecule has 0 bridgehead atoms. The van der Waals surface area contributed by atoms with E-state index in [4.69, 9.17) is 4.74 Å². The Labute approximate surface area is 189 Å². The normalized spacial score (nSPS) is 15.5. The lowest BCUT2D eigenvalue weighted by Crippen LogP contribution is -2.41. The van der Waals surface area contributed by atoms with Crippen LogP contribution in [0.3, 0.4) is 0 Å². The van der Waals surface area contributed by atoms with Crippen molar-refractivity contribution in [3.05, 3.63) is 71.8 Å². The summed E-state index contributed by atoms with van der Waals surface area (Å²) in [5.41, 5.74) is 2.23. The molecule has 0 spiro atoms. The van der Waals surface area contributed by atoms with Crippen molar-refractivity contribution in [2.75, 3.05) is 25.0 Å². The number of hydrogen-bond donors (Lipinski definition) is 1. The molecule has 1 saturated heterocycles. The molecule has 1 fully saturated rings. The van der Waals surface area contributed by atoms with Crippen LogP contribution < -0.4 is 5.32 Å². The number of sulfonamides is 1. The number of benzene rings is 2. The Hall–Kier alpha value is -2.97. The van der Waals surface area contributed by atoms with E-state index in [0.29, 0.717) is 38.2 Å². The van der Waals surface area contributed by atoms with Gasteiger partial charge in [-0.25, -0.2) is 17.5 Å². The van der Waals surface area contributed by atoms with Crippen LogP contribution in [-0.2, 0) is 30.1 Å². The van der Waals surface area contributed by atoms with Crippen LogP contribution in [0.4, 0.5) is 5.69 Å². The summed E-state index contributed by atoms with van der Waals surface area (Å²) in [4.78, 5) is 24.0. The van der Waals surface area contributed by atoms with Crippen molar-refractivity contribution in [2.24, 2.45) is 5.92 Å². The molecule has 0 radical (unpaired) electrons. The number of amides is 1. The quantitative estimate of drug-likeness (QED) is 0.485. The fourth-order valence-corrected chi connectivity index (χ4v) is 5.11. The standard InChI is InChI=1S/C24H28N2O5S/c1-2-31-23(27)13-10-19-8-11-22(12-9-19)25-24(28)21-14-16-26(17-15-21)32(29,30)18-20-6-4-3-5-7-20/h3-13,21H,2,14-18H2,1H3,(H,25,28). The van der Waals surface area contributed by atoms with E-state index in [1.807, 2.05) is 18.2 Å². The zero-order valence-electron chi connectivity index (χ0n) is 18.1. The van der Waals surface area contributed by atoms with Crippen LogP contribution in [0, 0.1) is 5.92 Å². The highest BCUT2D eigenvalue weighted by Gasteiger charge is 2.31. The topological polar surface area (TPSA) is 92.8 Å². The Kier molecular flexibility index (Phi) is 8.19. The second-order valence-electron chi connectivity index (χ2n) is 7.61. The first-order valence-corrected chi connectivity index (χ1v) is 12.3. The molecule has 1 aliphatic rings. The van der Waals surface area contributed by atoms with Gasteiger partial charge < -0.3 is 10.1 Å². The molecular formula is C24H28N2O5S. The lowest BCUT2D eigenvalue weighted by atomic mass is 9.97. The maximum absolute atomic E-state index is 12.7. The molecule has 1 amide bonds. The third kappa shape index (κ3) is 6.77. The van der Waals surface area contributed by atoms with Gasteiger partial charge in [-0.3, -0.25) is 4.79 Å². The summed E-state index contributed by atoms with van der Waals surface area (Å²) < 4.78 is 31.7. The molecule has 0 atom stereocenters. The second-order valence-corrected chi connectivity index (χ2v) is 9.58. The molecule has 2 aromatic rings. The van der Waals surface area contributed by atoms with Gasteiger partial charge in [0.1, 0.15) is 0 Å². The zero-order chi connectivity index (χ0) is 23.0. The van der Waals surface area contributed by atoms with Gasteiger partial charge in [0.25, 0.3) is 0 Å². The molecule has 2 aromatic carbocycles. The minimum Gasteiger partial charge on any atom is -0.463 e. The van der Waals surface area contributed by atoms with Crippen molar-refractivity contribution in [3.63, 3.8) is 0 Å². The van der Waals surface area contributed by atoms with Crippen LogP contribution in [0.15, 0.2) is 60.7 Å². The van der Waals surface area contributed by atoms with Gasteiger partial charge in [-0.15, -0.1) is 0 Å². The summed E-state index contributed by atoms with van der Waals surface area (Å²) in [5, 5.41) is 2.89. The molecule has 32 heavy (non-hydrogen) atoms. The van der Waals surface area contributed by atoms with Gasteiger partial charge in [0.15, 0.2) is 0 Å². The van der Waals surface area contributed by atoms with Crippen molar-refractivity contribution in [1.29, 1.82) is 0 Å². The van der Waals surface area contributed by atoms with Crippen LogP contribution in [-0.4, -0.2) is 44.3 Å². The van der Waals surface area contributed by atoms with Crippen LogP contribution in [0.5, 0.6) is 0 Å². The number of esters is 1. The number of carbonyl (C=O) groups is 2. The number of ether oxygens (including phenoxy) is 1. The predicted molar refractivity (Wildman–Crippen MR) is 124 cm³/mol. The van der Waals surface area contributed by atoms with Gasteiger partial charge in [-0.2, -0.15) is 0 Å². The smallest absolute Gasteiger partial charge is 0.330 e. The Balaban J connectivity index is 1.49. The Morgan fingerprint density at radius 1 is 1.06 bits per heavy atom. The van der Waals surface area contributed by atoms with Crippen molar-refractivity contribution in [2.45, 2.75) is 25.5 Å². The highest BCUT2D eigenvalue weighted by molar-refractivity contribution is 7.88. The largest absolute Gasteiger partial charge is 0.463 e. The molecule has 3 rings (SSSR count). The van der Waals surface area contributed by atoms with Crippen molar-refractivity contribution in [1.82, 2.24) is 4.31 Å². The van der Waals surface area contributed by atoms with Gasteiger partial charge in [0.05, 0.1) is 12.4 Å². The molecule has 1 aliphatic heterocycles. The Bertz CT molecular complexity index is 1040. The van der Waals surface area contributed by atoms with E-state index >= 15 is 0 Å². The van der Waals surface area contributed by atoms with Crippen LogP contribution in [0.25, 0.3) is 6.08 Å². The molecule has 1 heterocycles. The molecule has 0 aromatic heterocycles. The molecule has 0 aliphatic carbocycles. The van der Waals surface area contributed by atoms with Crippen molar-refractivity contribution >= 4 is 33.7 Å². The highest BCUT2D eigenvalue weighted by atomic mass is 32.2. The Morgan fingerprint density at radius 3 is 2.34 bits per heavy atom. The fraction of sp³-hybridized carbons (Fsp3) is 0.333. The third-order valence-electron chi connectivity index (χ3n) is 5.29. The minimum atomic E-state index is -3.40. The van der Waals surface area contributed by atoms with Crippen molar-refractivity contribution in [3.8, 4) is 0 Å². The molecule has 170 valence electrons. The van der Waals surface area contributed by atoms with E-state index in [1.165, 1.54) is 10.4 Å². The third-order valence-corrected chi connectivity index (χ3v) is 7.14. The summed E-state index contributed by atoms with van der Waals surface area (Å²) in [7, 11) is -3.40. The van der Waals surface area contributed by atoms with Gasteiger partial charge in [0, 0.05) is 30.8 Å². The van der Waals surface area contributed by atoms with Gasteiger partial charge in [-0.1, -0.05) is 42.5 Å². The number of carbonyl (C=O) groups excluding carboxylic acids is 2. The second kappa shape index (κ2) is 11.1. The predicted octanol–water partition coefficient (Wildman–Crippen LogP) is 3.44. The van der Waals surface area contributed by atoms with Gasteiger partial charge in [-0.05, 0) is 49.1 Å². The lowest BCUT2D eigenvalue weighted by molar-refractivity contribution is -0.137. The number of rotatable bonds is 8. The van der Waals surface area contributed by atoms with E-state index in [2.05, 4.69) is 5.32 Å². The summed E-state index contributed by atoms with van der Waals surface area (Å²) >= 11 is 0. The maximum Gasteiger partial charge on any atom is 0.330 e. The molecule has 1 N–H and O–H groups in total. The van der Waals surface area contributed by atoms with Gasteiger partial charge in [0.2, 0.25) is 15.9 Å². The number of hydrogen-bond acceptors (Lipinski definition) is 5. The first-order chi connectivity index (χ1) is 15.4. The number of piperidine rings is 1. The van der Waals surface area contributed by atoms with E-state index in [1.54, 1.807) is 49.4 Å². The van der Waals surface area contributed by atoms with E-state index < -0.39 is 16.0 Å². The van der Waals surface area contributed by atoms with E-state index in [9.17, 15) is 18.0 Å². The Morgan fingerprint density at radius 2 is 1.72 bits per heavy atom. The van der Waals surface area contributed by atoms with Crippen LogP contribution >= 0.6 is 0 Å². The zero-order valence-corrected chi connectivity index (χ0v) is 18.9. The summed E-state index contributed by atoms with van der Waals surface area (Å²) in [6, 6.07) is 16.2. The average Bonchev–Trinajstić information content (AvgIpc) is 2.79. The first-order valence-electron chi connectivity index (χ1n) is 10.6. The van der Waals surface area contributed by atoms with Gasteiger partial charge >= 0.3 is 5.97 Å². The molecule has 0 saturated carbocycles. The highest BCUT2D eigenvalue weighted by Crippen LogP contribution is 2.23. The minimum absolute atomic E-state index is 0.0261. The monoisotopic (exact) mass is 456 g/mol. The molecular weight excluding hydrogens is 428 g/mol. The number of nitrogens with one attached hydrogen (secondary N) is 1. The number of nitrogens with zero attached hydrogens (tertiary/aromatic N) is 1. The maximum atomic E-state index is 12.7. The van der Waals surface area contributed by atoms with Crippen molar-refractivity contribution < 1.29 is 22.7 Å². The molecule has 0 unspecified atom stereocenters.